The van der Waals surface area contributed by atoms with Gasteiger partial charge in [0, 0.05) is 22.0 Å². The lowest BCUT2D eigenvalue weighted by Crippen LogP contribution is -2.37. The molecule has 0 amide bonds. The molecule has 0 aliphatic carbocycles. The molecule has 0 aliphatic heterocycles. The number of nitrogens with zero attached hydrogens (tertiary/aromatic N) is 1. The number of halogens is 1. The van der Waals surface area contributed by atoms with Gasteiger partial charge in [-0.05, 0) is 17.5 Å². The van der Waals surface area contributed by atoms with Crippen LogP contribution in [0.1, 0.15) is 10.4 Å². The number of rotatable bonds is 3. The van der Waals surface area contributed by atoms with Crippen LogP contribution in [0.5, 0.6) is 0 Å². The fourth-order valence-electron chi connectivity index (χ4n) is 2.19. The van der Waals surface area contributed by atoms with Crippen molar-refractivity contribution in [3.8, 4) is 0 Å². The molecule has 3 heteroatoms. The molecule has 0 radical (unpaired) electrons. The van der Waals surface area contributed by atoms with E-state index in [0.717, 1.165) is 16.3 Å². The SMILES string of the molecule is O=C(C[n+]1ccc2ccc(Cl)cc2c1)c1ccccc1. The van der Waals surface area contributed by atoms with E-state index in [-0.39, 0.29) is 5.78 Å². The van der Waals surface area contributed by atoms with Crippen molar-refractivity contribution in [3.63, 3.8) is 0 Å². The highest BCUT2D eigenvalue weighted by Crippen LogP contribution is 2.17. The van der Waals surface area contributed by atoms with Crippen molar-refractivity contribution in [1.82, 2.24) is 0 Å². The molecule has 2 aromatic carbocycles. The monoisotopic (exact) mass is 282 g/mol. The zero-order chi connectivity index (χ0) is 13.9. The van der Waals surface area contributed by atoms with Gasteiger partial charge in [-0.15, -0.1) is 0 Å². The van der Waals surface area contributed by atoms with Crippen molar-refractivity contribution in [2.75, 3.05) is 0 Å². The van der Waals surface area contributed by atoms with Crippen LogP contribution >= 0.6 is 11.6 Å². The summed E-state index contributed by atoms with van der Waals surface area (Å²) in [5, 5.41) is 2.84. The molecule has 98 valence electrons. The van der Waals surface area contributed by atoms with Gasteiger partial charge >= 0.3 is 0 Å². The predicted octanol–water partition coefficient (Wildman–Crippen LogP) is 3.66. The van der Waals surface area contributed by atoms with Crippen molar-refractivity contribution in [1.29, 1.82) is 0 Å². The maximum absolute atomic E-state index is 12.2. The van der Waals surface area contributed by atoms with E-state index in [2.05, 4.69) is 0 Å². The van der Waals surface area contributed by atoms with Gasteiger partial charge in [0.1, 0.15) is 0 Å². The van der Waals surface area contributed by atoms with E-state index >= 15 is 0 Å². The van der Waals surface area contributed by atoms with Gasteiger partial charge < -0.3 is 0 Å². The minimum atomic E-state index is 0.0944. The van der Waals surface area contributed by atoms with Crippen LogP contribution in [0.3, 0.4) is 0 Å². The van der Waals surface area contributed by atoms with Crippen molar-refractivity contribution in [2.45, 2.75) is 6.54 Å². The van der Waals surface area contributed by atoms with Crippen LogP contribution < -0.4 is 4.57 Å². The minimum Gasteiger partial charge on any atom is -0.287 e. The number of hydrogen-bond acceptors (Lipinski definition) is 1. The predicted molar refractivity (Wildman–Crippen MR) is 79.9 cm³/mol. The molecule has 0 unspecified atom stereocenters. The summed E-state index contributed by atoms with van der Waals surface area (Å²) < 4.78 is 1.88. The fraction of sp³-hybridized carbons (Fsp3) is 0.0588. The van der Waals surface area contributed by atoms with E-state index in [0.29, 0.717) is 11.6 Å². The number of aromatic nitrogens is 1. The first-order chi connectivity index (χ1) is 9.72. The second-order valence-corrected chi connectivity index (χ2v) is 5.12. The molecular weight excluding hydrogens is 270 g/mol. The van der Waals surface area contributed by atoms with Crippen molar-refractivity contribution in [2.24, 2.45) is 0 Å². The molecule has 0 bridgehead atoms. The lowest BCUT2D eigenvalue weighted by atomic mass is 10.1. The minimum absolute atomic E-state index is 0.0944. The Hall–Kier alpha value is -2.19. The van der Waals surface area contributed by atoms with E-state index in [1.807, 2.05) is 71.6 Å². The molecule has 1 aromatic heterocycles. The zero-order valence-corrected chi connectivity index (χ0v) is 11.5. The van der Waals surface area contributed by atoms with Crippen LogP contribution in [0.2, 0.25) is 5.02 Å². The maximum atomic E-state index is 12.2. The van der Waals surface area contributed by atoms with E-state index in [1.54, 1.807) is 0 Å². The molecule has 0 saturated heterocycles. The Labute approximate surface area is 122 Å². The maximum Gasteiger partial charge on any atom is 0.227 e. The molecule has 3 aromatic rings. The van der Waals surface area contributed by atoms with E-state index < -0.39 is 0 Å². The lowest BCUT2D eigenvalue weighted by molar-refractivity contribution is -0.681. The van der Waals surface area contributed by atoms with E-state index in [1.165, 1.54) is 0 Å². The molecule has 0 atom stereocenters. The average Bonchev–Trinajstić information content (AvgIpc) is 2.47. The molecule has 20 heavy (non-hydrogen) atoms. The van der Waals surface area contributed by atoms with Gasteiger partial charge in [0.2, 0.25) is 12.3 Å². The molecule has 0 saturated carbocycles. The highest BCUT2D eigenvalue weighted by molar-refractivity contribution is 6.31. The zero-order valence-electron chi connectivity index (χ0n) is 10.8. The highest BCUT2D eigenvalue weighted by atomic mass is 35.5. The molecule has 3 rings (SSSR count). The summed E-state index contributed by atoms with van der Waals surface area (Å²) in [5.74, 6) is 0.0944. The quantitative estimate of drug-likeness (QED) is 0.530. The third-order valence-electron chi connectivity index (χ3n) is 3.22. The van der Waals surface area contributed by atoms with Crippen molar-refractivity contribution in [3.05, 3.63) is 77.6 Å². The van der Waals surface area contributed by atoms with E-state index in [9.17, 15) is 4.79 Å². The van der Waals surface area contributed by atoms with Crippen LogP contribution in [-0.2, 0) is 6.54 Å². The van der Waals surface area contributed by atoms with Crippen LogP contribution in [0, 0.1) is 0 Å². The largest absolute Gasteiger partial charge is 0.287 e. The summed E-state index contributed by atoms with van der Waals surface area (Å²) in [5.41, 5.74) is 0.728. The number of Topliss-reactive ketones (excluding diaryl/α,β-unsaturated/α-hetero) is 1. The lowest BCUT2D eigenvalue weighted by Gasteiger charge is -2.00. The first-order valence-corrected chi connectivity index (χ1v) is 6.77. The Bertz CT molecular complexity index is 768. The summed E-state index contributed by atoms with van der Waals surface area (Å²) in [4.78, 5) is 12.2. The Morgan fingerprint density at radius 1 is 1.00 bits per heavy atom. The number of fused-ring (bicyclic) bond motifs is 1. The summed E-state index contributed by atoms with van der Waals surface area (Å²) >= 11 is 6.00. The fourth-order valence-corrected chi connectivity index (χ4v) is 2.37. The smallest absolute Gasteiger partial charge is 0.227 e. The molecule has 0 aliphatic rings. The third kappa shape index (κ3) is 2.70. The van der Waals surface area contributed by atoms with Gasteiger partial charge in [0.25, 0.3) is 0 Å². The number of ketones is 1. The van der Waals surface area contributed by atoms with Crippen molar-refractivity contribution >= 4 is 28.2 Å². The van der Waals surface area contributed by atoms with Crippen LogP contribution in [-0.4, -0.2) is 5.78 Å². The van der Waals surface area contributed by atoms with Crippen LogP contribution in [0.15, 0.2) is 67.0 Å². The molecule has 0 spiro atoms. The van der Waals surface area contributed by atoms with Crippen LogP contribution in [0.4, 0.5) is 0 Å². The number of carbonyl (C=O) groups is 1. The third-order valence-corrected chi connectivity index (χ3v) is 3.46. The first-order valence-electron chi connectivity index (χ1n) is 6.39. The number of pyridine rings is 1. The van der Waals surface area contributed by atoms with Gasteiger partial charge in [-0.1, -0.05) is 48.0 Å². The molecule has 2 nitrogen and oxygen atoms in total. The molecule has 0 fully saturated rings. The standard InChI is InChI=1S/C17H13ClNO/c18-16-7-6-13-8-9-19(11-15(13)10-16)12-17(20)14-4-2-1-3-5-14/h1-11H,12H2/q+1. The summed E-state index contributed by atoms with van der Waals surface area (Å²) in [7, 11) is 0. The Kier molecular flexibility index (Phi) is 3.48. The molecular formula is C17H13ClNO+. The van der Waals surface area contributed by atoms with Gasteiger partial charge in [0.05, 0.1) is 0 Å². The van der Waals surface area contributed by atoms with Gasteiger partial charge in [0.15, 0.2) is 12.4 Å². The Morgan fingerprint density at radius 3 is 2.60 bits per heavy atom. The van der Waals surface area contributed by atoms with Gasteiger partial charge in [-0.3, -0.25) is 4.79 Å². The van der Waals surface area contributed by atoms with Crippen LogP contribution in [0.25, 0.3) is 10.8 Å². The highest BCUT2D eigenvalue weighted by Gasteiger charge is 2.12. The second kappa shape index (κ2) is 5.43. The number of carbonyl (C=O) groups excluding carboxylic acids is 1. The Morgan fingerprint density at radius 2 is 1.80 bits per heavy atom. The summed E-state index contributed by atoms with van der Waals surface area (Å²) in [6.07, 6.45) is 3.86. The van der Waals surface area contributed by atoms with Gasteiger partial charge in [-0.25, -0.2) is 0 Å². The Balaban J connectivity index is 1.89. The van der Waals surface area contributed by atoms with Crippen molar-refractivity contribution < 1.29 is 9.36 Å². The topological polar surface area (TPSA) is 20.9 Å². The van der Waals surface area contributed by atoms with E-state index in [4.69, 9.17) is 11.6 Å². The first kappa shape index (κ1) is 12.8. The van der Waals surface area contributed by atoms with Gasteiger partial charge in [-0.2, -0.15) is 4.57 Å². The number of benzene rings is 2. The normalized spacial score (nSPS) is 10.7. The summed E-state index contributed by atoms with van der Waals surface area (Å²) in [6, 6.07) is 17.0. The number of hydrogen-bond donors (Lipinski definition) is 0. The average molecular weight is 283 g/mol. The molecule has 0 N–H and O–H groups in total. The molecule has 1 heterocycles. The summed E-state index contributed by atoms with van der Waals surface area (Å²) in [6.45, 7) is 0.326. The second-order valence-electron chi connectivity index (χ2n) is 4.68.